The SMILES string of the molecule is CCOC(=O)C1=C(C)N=c2s/c(=C/c3cc(C)n(-c4ccc(C(C)=O)cc4)c3C)c(=O)n2[C@H]1c1ccccc1OC(C)C. The van der Waals surface area contributed by atoms with Crippen LogP contribution in [0.4, 0.5) is 0 Å². The number of ketones is 1. The molecule has 0 fully saturated rings. The monoisotopic (exact) mass is 597 g/mol. The smallest absolute Gasteiger partial charge is 0.338 e. The molecule has 4 aromatic rings. The molecule has 43 heavy (non-hydrogen) atoms. The third-order valence-corrected chi connectivity index (χ3v) is 8.37. The zero-order chi connectivity index (χ0) is 31.0. The second-order valence-corrected chi connectivity index (χ2v) is 11.8. The molecular formula is C34H35N3O5S. The van der Waals surface area contributed by atoms with Crippen molar-refractivity contribution in [2.24, 2.45) is 4.99 Å². The van der Waals surface area contributed by atoms with Gasteiger partial charge in [0.05, 0.1) is 28.5 Å². The molecule has 222 valence electrons. The molecule has 0 aliphatic carbocycles. The Hall–Kier alpha value is -4.50. The average Bonchev–Trinajstić information content (AvgIpc) is 3.41. The summed E-state index contributed by atoms with van der Waals surface area (Å²) in [4.78, 5) is 44.4. The zero-order valence-electron chi connectivity index (χ0n) is 25.4. The maximum atomic E-state index is 14.2. The molecule has 2 aromatic heterocycles. The number of aromatic nitrogens is 2. The van der Waals surface area contributed by atoms with Gasteiger partial charge in [0.1, 0.15) is 11.8 Å². The van der Waals surface area contributed by atoms with Crippen molar-refractivity contribution >= 4 is 29.2 Å². The van der Waals surface area contributed by atoms with Crippen molar-refractivity contribution in [2.45, 2.75) is 60.6 Å². The molecule has 8 nitrogen and oxygen atoms in total. The third-order valence-electron chi connectivity index (χ3n) is 7.38. The third kappa shape index (κ3) is 5.64. The fourth-order valence-electron chi connectivity index (χ4n) is 5.47. The summed E-state index contributed by atoms with van der Waals surface area (Å²) in [7, 11) is 0. The van der Waals surface area contributed by atoms with E-state index in [2.05, 4.69) is 4.57 Å². The summed E-state index contributed by atoms with van der Waals surface area (Å²) in [6.45, 7) is 13.1. The van der Waals surface area contributed by atoms with Crippen molar-refractivity contribution in [3.63, 3.8) is 0 Å². The van der Waals surface area contributed by atoms with E-state index in [0.717, 1.165) is 22.6 Å². The van der Waals surface area contributed by atoms with Crippen LogP contribution in [0.5, 0.6) is 5.75 Å². The maximum Gasteiger partial charge on any atom is 0.338 e. The van der Waals surface area contributed by atoms with E-state index in [9.17, 15) is 14.4 Å². The van der Waals surface area contributed by atoms with Crippen molar-refractivity contribution in [1.82, 2.24) is 9.13 Å². The Morgan fingerprint density at radius 3 is 2.42 bits per heavy atom. The number of ether oxygens (including phenoxy) is 2. The van der Waals surface area contributed by atoms with E-state index in [0.29, 0.717) is 37.5 Å². The molecule has 1 aliphatic rings. The van der Waals surface area contributed by atoms with Gasteiger partial charge in [0.15, 0.2) is 10.6 Å². The first kappa shape index (κ1) is 30.0. The van der Waals surface area contributed by atoms with Crippen LogP contribution in [0.1, 0.15) is 73.5 Å². The standard InChI is InChI=1S/C34H35N3O5S/c1-8-41-33(40)30-21(5)35-34-37(31(30)27-11-9-10-12-28(27)42-19(2)3)32(39)29(43-34)18-25-17-20(4)36(22(25)6)26-15-13-24(14-16-26)23(7)38/h9-19,31H,8H2,1-7H3/b29-18+/t31-/m0/s1. The Morgan fingerprint density at radius 1 is 1.07 bits per heavy atom. The fraction of sp³-hybridized carbons (Fsp3) is 0.294. The molecule has 0 radical (unpaired) electrons. The van der Waals surface area contributed by atoms with E-state index >= 15 is 0 Å². The highest BCUT2D eigenvalue weighted by Crippen LogP contribution is 2.36. The van der Waals surface area contributed by atoms with Crippen LogP contribution in [-0.4, -0.2) is 33.6 Å². The second-order valence-electron chi connectivity index (χ2n) is 10.8. The first-order valence-electron chi connectivity index (χ1n) is 14.3. The first-order chi connectivity index (χ1) is 20.5. The summed E-state index contributed by atoms with van der Waals surface area (Å²) in [5.41, 5.74) is 5.67. The fourth-order valence-corrected chi connectivity index (χ4v) is 6.51. The molecule has 5 rings (SSSR count). The summed E-state index contributed by atoms with van der Waals surface area (Å²) in [6.07, 6.45) is 1.77. The number of hydrogen-bond donors (Lipinski definition) is 0. The lowest BCUT2D eigenvalue weighted by atomic mass is 9.95. The van der Waals surface area contributed by atoms with Crippen LogP contribution in [0.25, 0.3) is 11.8 Å². The van der Waals surface area contributed by atoms with E-state index in [1.54, 1.807) is 25.3 Å². The minimum Gasteiger partial charge on any atom is -0.491 e. The number of Topliss-reactive ketones (excluding diaryl/α,β-unsaturated/α-hetero) is 1. The summed E-state index contributed by atoms with van der Waals surface area (Å²) < 4.78 is 15.7. The molecule has 3 heterocycles. The summed E-state index contributed by atoms with van der Waals surface area (Å²) in [5.74, 6) is 0.0937. The average molecular weight is 598 g/mol. The first-order valence-corrected chi connectivity index (χ1v) is 15.1. The lowest BCUT2D eigenvalue weighted by molar-refractivity contribution is -0.139. The number of esters is 1. The number of fused-ring (bicyclic) bond motifs is 1. The molecule has 0 bridgehead atoms. The molecule has 2 aromatic carbocycles. The quantitative estimate of drug-likeness (QED) is 0.206. The molecule has 1 atom stereocenters. The zero-order valence-corrected chi connectivity index (χ0v) is 26.2. The van der Waals surface area contributed by atoms with Crippen molar-refractivity contribution in [3.8, 4) is 11.4 Å². The van der Waals surface area contributed by atoms with Gasteiger partial charge in [0.2, 0.25) is 0 Å². The number of aryl methyl sites for hydroxylation is 1. The van der Waals surface area contributed by atoms with Crippen LogP contribution in [0.2, 0.25) is 0 Å². The van der Waals surface area contributed by atoms with Crippen molar-refractivity contribution in [2.75, 3.05) is 6.61 Å². The van der Waals surface area contributed by atoms with Gasteiger partial charge in [0.25, 0.3) is 5.56 Å². The topological polar surface area (TPSA) is 91.9 Å². The number of nitrogens with zero attached hydrogens (tertiary/aromatic N) is 3. The van der Waals surface area contributed by atoms with Gasteiger partial charge in [-0.3, -0.25) is 14.2 Å². The van der Waals surface area contributed by atoms with Gasteiger partial charge in [-0.1, -0.05) is 29.5 Å². The number of para-hydroxylation sites is 1. The van der Waals surface area contributed by atoms with Crippen molar-refractivity contribution in [3.05, 3.63) is 114 Å². The molecule has 0 spiro atoms. The Morgan fingerprint density at radius 2 is 1.77 bits per heavy atom. The molecule has 1 aliphatic heterocycles. The number of hydrogen-bond acceptors (Lipinski definition) is 7. The minimum absolute atomic E-state index is 0.0154. The van der Waals surface area contributed by atoms with E-state index in [1.165, 1.54) is 11.3 Å². The number of thiazole rings is 1. The maximum absolute atomic E-state index is 14.2. The predicted molar refractivity (Wildman–Crippen MR) is 168 cm³/mol. The summed E-state index contributed by atoms with van der Waals surface area (Å²) in [5, 5.41) is 0. The number of rotatable bonds is 8. The molecule has 0 saturated heterocycles. The van der Waals surface area contributed by atoms with Crippen LogP contribution >= 0.6 is 11.3 Å². The lowest BCUT2D eigenvalue weighted by Gasteiger charge is -2.26. The highest BCUT2D eigenvalue weighted by molar-refractivity contribution is 7.07. The van der Waals surface area contributed by atoms with Gasteiger partial charge in [-0.15, -0.1) is 0 Å². The lowest BCUT2D eigenvalue weighted by Crippen LogP contribution is -2.40. The molecule has 9 heteroatoms. The van der Waals surface area contributed by atoms with Crippen LogP contribution < -0.4 is 19.6 Å². The molecule has 0 amide bonds. The van der Waals surface area contributed by atoms with Crippen molar-refractivity contribution < 1.29 is 19.1 Å². The second kappa shape index (κ2) is 12.0. The van der Waals surface area contributed by atoms with Crippen LogP contribution in [0.3, 0.4) is 0 Å². The number of benzene rings is 2. The molecule has 0 saturated carbocycles. The summed E-state index contributed by atoms with van der Waals surface area (Å²) in [6, 6.07) is 16.2. The molecule has 0 unspecified atom stereocenters. The Kier molecular flexibility index (Phi) is 8.37. The Balaban J connectivity index is 1.68. The van der Waals surface area contributed by atoms with E-state index in [4.69, 9.17) is 14.5 Å². The van der Waals surface area contributed by atoms with Crippen LogP contribution in [0, 0.1) is 13.8 Å². The van der Waals surface area contributed by atoms with E-state index in [-0.39, 0.29) is 24.1 Å². The molecular weight excluding hydrogens is 562 g/mol. The highest BCUT2D eigenvalue weighted by atomic mass is 32.1. The van der Waals surface area contributed by atoms with Crippen LogP contribution in [0.15, 0.2) is 75.7 Å². The van der Waals surface area contributed by atoms with E-state index < -0.39 is 12.0 Å². The Bertz CT molecular complexity index is 1940. The van der Waals surface area contributed by atoms with Crippen molar-refractivity contribution in [1.29, 1.82) is 0 Å². The Labute approximate surface area is 254 Å². The number of carbonyl (C=O) groups excluding carboxylic acids is 2. The van der Waals surface area contributed by atoms with Gasteiger partial charge in [0, 0.05) is 28.2 Å². The highest BCUT2D eigenvalue weighted by Gasteiger charge is 2.35. The largest absolute Gasteiger partial charge is 0.491 e. The van der Waals surface area contributed by atoms with Gasteiger partial charge in [-0.05, 0) is 96.5 Å². The predicted octanol–water partition coefficient (Wildman–Crippen LogP) is 5.20. The van der Waals surface area contributed by atoms with Gasteiger partial charge in [-0.2, -0.15) is 0 Å². The van der Waals surface area contributed by atoms with Crippen LogP contribution in [-0.2, 0) is 9.53 Å². The van der Waals surface area contributed by atoms with E-state index in [1.807, 2.05) is 88.4 Å². The number of allylic oxidation sites excluding steroid dienone is 1. The summed E-state index contributed by atoms with van der Waals surface area (Å²) >= 11 is 1.29. The normalized spacial score (nSPS) is 15.0. The minimum atomic E-state index is -0.764. The van der Waals surface area contributed by atoms with Gasteiger partial charge >= 0.3 is 5.97 Å². The molecule has 0 N–H and O–H groups in total. The van der Waals surface area contributed by atoms with Gasteiger partial charge in [-0.25, -0.2) is 9.79 Å². The number of carbonyl (C=O) groups is 2. The van der Waals surface area contributed by atoms with Gasteiger partial charge < -0.3 is 14.0 Å².